The molecule has 0 aromatic heterocycles. The second-order valence-corrected chi connectivity index (χ2v) is 5.74. The van der Waals surface area contributed by atoms with E-state index < -0.39 is 32.2 Å². The second-order valence-electron chi connectivity index (χ2n) is 3.44. The molecule has 0 fully saturated rings. The van der Waals surface area contributed by atoms with Gasteiger partial charge in [-0.15, -0.1) is 0 Å². The predicted molar refractivity (Wildman–Crippen MR) is 58.8 cm³/mol. The number of hydrogen-bond donors (Lipinski definition) is 2. The van der Waals surface area contributed by atoms with E-state index in [9.17, 15) is 18.0 Å². The van der Waals surface area contributed by atoms with Crippen LogP contribution in [0.4, 0.5) is 0 Å². The smallest absolute Gasteiger partial charge is 0.325 e. The van der Waals surface area contributed by atoms with Crippen LogP contribution in [-0.4, -0.2) is 42.9 Å². The largest absolute Gasteiger partial charge is 0.480 e. The number of carboxylic acids is 1. The van der Waals surface area contributed by atoms with Crippen LogP contribution in [0, 0.1) is 0 Å². The van der Waals surface area contributed by atoms with Crippen molar-refractivity contribution in [2.24, 2.45) is 0 Å². The molecule has 16 heavy (non-hydrogen) atoms. The molecular weight excluding hydrogens is 234 g/mol. The highest BCUT2D eigenvalue weighted by Gasteiger charge is 2.48. The van der Waals surface area contributed by atoms with Gasteiger partial charge in [0.2, 0.25) is 5.91 Å². The molecular formula is C9H17NO5S. The highest BCUT2D eigenvalue weighted by Crippen LogP contribution is 2.27. The van der Waals surface area contributed by atoms with Crippen molar-refractivity contribution in [3.05, 3.63) is 0 Å². The summed E-state index contributed by atoms with van der Waals surface area (Å²) < 4.78 is 21.9. The van der Waals surface area contributed by atoms with Gasteiger partial charge in [-0.3, -0.25) is 9.59 Å². The molecule has 0 bridgehead atoms. The lowest BCUT2D eigenvalue weighted by atomic mass is 10.0. The number of sulfone groups is 1. The van der Waals surface area contributed by atoms with Gasteiger partial charge in [-0.25, -0.2) is 8.42 Å². The van der Waals surface area contributed by atoms with E-state index in [0.717, 1.165) is 0 Å². The van der Waals surface area contributed by atoms with Gasteiger partial charge in [-0.2, -0.15) is 0 Å². The van der Waals surface area contributed by atoms with Crippen LogP contribution >= 0.6 is 0 Å². The van der Waals surface area contributed by atoms with Crippen molar-refractivity contribution < 1.29 is 23.1 Å². The van der Waals surface area contributed by atoms with E-state index in [0.29, 0.717) is 0 Å². The molecule has 0 saturated heterocycles. The monoisotopic (exact) mass is 251 g/mol. The lowest BCUT2D eigenvalue weighted by Gasteiger charge is -2.25. The molecule has 0 aliphatic rings. The number of carboxylic acid groups (broad SMARTS) is 1. The zero-order chi connectivity index (χ0) is 13.0. The van der Waals surface area contributed by atoms with Crippen molar-refractivity contribution in [1.82, 2.24) is 5.32 Å². The number of carbonyl (C=O) groups excluding carboxylic acids is 1. The highest BCUT2D eigenvalue weighted by molar-refractivity contribution is 7.94. The maximum absolute atomic E-state index is 11.9. The molecule has 1 amide bonds. The normalized spacial score (nSPS) is 12.2. The summed E-state index contributed by atoms with van der Waals surface area (Å²) >= 11 is 0. The maximum atomic E-state index is 11.9. The van der Waals surface area contributed by atoms with Gasteiger partial charge in [0.05, 0.1) is 0 Å². The van der Waals surface area contributed by atoms with Gasteiger partial charge in [0, 0.05) is 7.05 Å². The first-order valence-corrected chi connectivity index (χ1v) is 6.59. The summed E-state index contributed by atoms with van der Waals surface area (Å²) in [5.74, 6) is -2.90. The number of hydrogen-bond acceptors (Lipinski definition) is 4. The van der Waals surface area contributed by atoms with Gasteiger partial charge in [-0.05, 0) is 12.8 Å². The fourth-order valence-corrected chi connectivity index (χ4v) is 3.42. The summed E-state index contributed by atoms with van der Waals surface area (Å²) in [5.41, 5.74) is 0. The van der Waals surface area contributed by atoms with E-state index in [1.54, 1.807) is 0 Å². The summed E-state index contributed by atoms with van der Waals surface area (Å²) in [6, 6.07) is 0. The molecule has 0 spiro atoms. The SMILES string of the molecule is CCC(CC)(C(=O)O)S(=O)(=O)CC(=O)NC. The van der Waals surface area contributed by atoms with Gasteiger partial charge in [-0.1, -0.05) is 13.8 Å². The average molecular weight is 251 g/mol. The Bertz CT molecular complexity index is 369. The highest BCUT2D eigenvalue weighted by atomic mass is 32.2. The van der Waals surface area contributed by atoms with Gasteiger partial charge < -0.3 is 10.4 Å². The summed E-state index contributed by atoms with van der Waals surface area (Å²) in [5, 5.41) is 11.2. The molecule has 0 aromatic carbocycles. The number of amides is 1. The Morgan fingerprint density at radius 1 is 1.25 bits per heavy atom. The molecule has 0 aromatic rings. The molecule has 0 saturated carbocycles. The van der Waals surface area contributed by atoms with Crippen molar-refractivity contribution in [1.29, 1.82) is 0 Å². The average Bonchev–Trinajstić information content (AvgIpc) is 2.18. The van der Waals surface area contributed by atoms with Crippen molar-refractivity contribution in [2.45, 2.75) is 31.4 Å². The molecule has 0 rings (SSSR count). The van der Waals surface area contributed by atoms with Crippen molar-refractivity contribution in [3.63, 3.8) is 0 Å². The summed E-state index contributed by atoms with van der Waals surface area (Å²) in [7, 11) is -2.70. The van der Waals surface area contributed by atoms with Crippen LogP contribution in [0.15, 0.2) is 0 Å². The van der Waals surface area contributed by atoms with Crippen LogP contribution in [0.25, 0.3) is 0 Å². The Labute approximate surface area is 95.0 Å². The Hall–Kier alpha value is -1.11. The summed E-state index contributed by atoms with van der Waals surface area (Å²) in [6.45, 7) is 2.97. The van der Waals surface area contributed by atoms with Gasteiger partial charge in [0.15, 0.2) is 14.6 Å². The van der Waals surface area contributed by atoms with Gasteiger partial charge in [0.25, 0.3) is 0 Å². The lowest BCUT2D eigenvalue weighted by molar-refractivity contribution is -0.140. The van der Waals surface area contributed by atoms with Crippen LogP contribution in [0.2, 0.25) is 0 Å². The third kappa shape index (κ3) is 2.52. The number of rotatable bonds is 6. The molecule has 94 valence electrons. The van der Waals surface area contributed by atoms with E-state index in [-0.39, 0.29) is 12.8 Å². The van der Waals surface area contributed by atoms with Crippen LogP contribution in [-0.2, 0) is 19.4 Å². The van der Waals surface area contributed by atoms with Crippen molar-refractivity contribution in [3.8, 4) is 0 Å². The third-order valence-corrected chi connectivity index (χ3v) is 5.31. The summed E-state index contributed by atoms with van der Waals surface area (Å²) in [4.78, 5) is 22.1. The van der Waals surface area contributed by atoms with Crippen molar-refractivity contribution in [2.75, 3.05) is 12.8 Å². The number of carbonyl (C=O) groups is 2. The van der Waals surface area contributed by atoms with E-state index in [4.69, 9.17) is 5.11 Å². The minimum atomic E-state index is -4.01. The van der Waals surface area contributed by atoms with E-state index in [1.165, 1.54) is 20.9 Å². The molecule has 0 aliphatic heterocycles. The molecule has 2 N–H and O–H groups in total. The van der Waals surface area contributed by atoms with Crippen LogP contribution in [0.5, 0.6) is 0 Å². The Kier molecular flexibility index (Phi) is 4.92. The molecule has 0 heterocycles. The Morgan fingerprint density at radius 2 is 1.69 bits per heavy atom. The minimum absolute atomic E-state index is 0.0574. The molecule has 0 atom stereocenters. The van der Waals surface area contributed by atoms with Crippen LogP contribution < -0.4 is 5.32 Å². The summed E-state index contributed by atoms with van der Waals surface area (Å²) in [6.07, 6.45) is -0.115. The van der Waals surface area contributed by atoms with E-state index in [2.05, 4.69) is 5.32 Å². The first-order valence-electron chi connectivity index (χ1n) is 4.93. The molecule has 7 heteroatoms. The fraction of sp³-hybridized carbons (Fsp3) is 0.778. The van der Waals surface area contributed by atoms with Gasteiger partial charge >= 0.3 is 5.97 Å². The zero-order valence-corrected chi connectivity index (χ0v) is 10.4. The molecule has 0 radical (unpaired) electrons. The Balaban J connectivity index is 5.38. The molecule has 0 unspecified atom stereocenters. The standard InChI is InChI=1S/C9H17NO5S/c1-4-9(5-2,8(12)13)16(14,15)6-7(11)10-3/h4-6H2,1-3H3,(H,10,11)(H,12,13). The number of aliphatic carboxylic acids is 1. The van der Waals surface area contributed by atoms with Gasteiger partial charge in [0.1, 0.15) is 5.75 Å². The van der Waals surface area contributed by atoms with Crippen LogP contribution in [0.3, 0.4) is 0 Å². The third-order valence-electron chi connectivity index (χ3n) is 2.73. The zero-order valence-electron chi connectivity index (χ0n) is 9.61. The maximum Gasteiger partial charge on any atom is 0.325 e. The second kappa shape index (κ2) is 5.29. The van der Waals surface area contributed by atoms with Crippen molar-refractivity contribution >= 4 is 21.7 Å². The van der Waals surface area contributed by atoms with E-state index >= 15 is 0 Å². The molecule has 0 aliphatic carbocycles. The minimum Gasteiger partial charge on any atom is -0.480 e. The Morgan fingerprint density at radius 3 is 1.94 bits per heavy atom. The molecule has 6 nitrogen and oxygen atoms in total. The topological polar surface area (TPSA) is 101 Å². The number of nitrogens with one attached hydrogen (secondary N) is 1. The fourth-order valence-electron chi connectivity index (χ4n) is 1.51. The van der Waals surface area contributed by atoms with Crippen LogP contribution in [0.1, 0.15) is 26.7 Å². The lowest BCUT2D eigenvalue weighted by Crippen LogP contribution is -2.49. The predicted octanol–water partition coefficient (Wildman–Crippen LogP) is -0.209. The van der Waals surface area contributed by atoms with E-state index in [1.807, 2.05) is 0 Å². The first-order chi connectivity index (χ1) is 7.27. The first kappa shape index (κ1) is 14.9. The quantitative estimate of drug-likeness (QED) is 0.680.